The molecule has 0 atom stereocenters. The first-order chi connectivity index (χ1) is 10.5. The van der Waals surface area contributed by atoms with Crippen LogP contribution in [0, 0.1) is 13.8 Å². The molecule has 2 aromatic carbocycles. The molecule has 2 rings (SSSR count). The zero-order valence-electron chi connectivity index (χ0n) is 12.9. The van der Waals surface area contributed by atoms with Gasteiger partial charge in [0.1, 0.15) is 11.5 Å². The molecule has 0 aromatic heterocycles. The lowest BCUT2D eigenvalue weighted by atomic mass is 10.2. The number of aryl methyl sites for hydroxylation is 2. The Kier molecular flexibility index (Phi) is 5.04. The van der Waals surface area contributed by atoms with E-state index in [4.69, 9.17) is 9.05 Å². The minimum absolute atomic E-state index is 0.0784. The van der Waals surface area contributed by atoms with E-state index in [0.29, 0.717) is 11.5 Å². The first kappa shape index (κ1) is 16.3. The molecule has 4 nitrogen and oxygen atoms in total. The van der Waals surface area contributed by atoms with Gasteiger partial charge in [0, 0.05) is 6.42 Å². The molecular weight excluding hydrogens is 299 g/mol. The van der Waals surface area contributed by atoms with Gasteiger partial charge in [-0.3, -0.25) is 4.79 Å². The smallest absolute Gasteiger partial charge is 0.411 e. The highest BCUT2D eigenvalue weighted by atomic mass is 31.2. The van der Waals surface area contributed by atoms with Gasteiger partial charge in [0.2, 0.25) is 0 Å². The van der Waals surface area contributed by atoms with Gasteiger partial charge >= 0.3 is 7.60 Å². The van der Waals surface area contributed by atoms with Crippen molar-refractivity contribution in [2.75, 3.05) is 0 Å². The van der Waals surface area contributed by atoms with Gasteiger partial charge in [-0.25, -0.2) is 4.57 Å². The van der Waals surface area contributed by atoms with E-state index in [-0.39, 0.29) is 6.42 Å². The van der Waals surface area contributed by atoms with Crippen LogP contribution in [0.2, 0.25) is 0 Å². The largest absolute Gasteiger partial charge is 0.498 e. The lowest BCUT2D eigenvalue weighted by Gasteiger charge is -2.20. The van der Waals surface area contributed by atoms with Gasteiger partial charge in [0.15, 0.2) is 0 Å². The van der Waals surface area contributed by atoms with Crippen molar-refractivity contribution >= 4 is 13.1 Å². The average Bonchev–Trinajstić information content (AvgIpc) is 2.51. The van der Waals surface area contributed by atoms with Crippen molar-refractivity contribution in [3.8, 4) is 11.5 Å². The third kappa shape index (κ3) is 3.58. The van der Waals surface area contributed by atoms with Gasteiger partial charge in [0.05, 0.1) is 0 Å². The molecule has 116 valence electrons. The van der Waals surface area contributed by atoms with E-state index in [2.05, 4.69) is 0 Å². The zero-order valence-corrected chi connectivity index (χ0v) is 13.8. The number of hydrogen-bond acceptors (Lipinski definition) is 4. The average molecular weight is 318 g/mol. The predicted molar refractivity (Wildman–Crippen MR) is 86.5 cm³/mol. The Balaban J connectivity index is 2.37. The monoisotopic (exact) mass is 318 g/mol. The molecule has 0 heterocycles. The minimum atomic E-state index is -3.95. The number of carbonyl (C=O) groups is 1. The fraction of sp³-hybridized carbons (Fsp3) is 0.235. The van der Waals surface area contributed by atoms with Crippen molar-refractivity contribution in [3.63, 3.8) is 0 Å². The first-order valence-corrected chi connectivity index (χ1v) is 8.64. The molecular formula is C17H19O4P. The molecule has 0 amide bonds. The van der Waals surface area contributed by atoms with Gasteiger partial charge < -0.3 is 9.05 Å². The van der Waals surface area contributed by atoms with Crippen molar-refractivity contribution in [1.82, 2.24) is 0 Å². The number of rotatable bonds is 6. The first-order valence-electron chi connectivity index (χ1n) is 7.10. The van der Waals surface area contributed by atoms with Gasteiger partial charge in [-0.2, -0.15) is 0 Å². The van der Waals surface area contributed by atoms with Gasteiger partial charge in [-0.15, -0.1) is 0 Å². The molecule has 0 N–H and O–H groups in total. The van der Waals surface area contributed by atoms with E-state index in [0.717, 1.165) is 11.1 Å². The van der Waals surface area contributed by atoms with Crippen LogP contribution in [0.5, 0.6) is 11.5 Å². The SMILES string of the molecule is CCC(=O)P(=O)(Oc1ccccc1C)Oc1ccccc1C. The summed E-state index contributed by atoms with van der Waals surface area (Å²) in [6.45, 7) is 5.28. The third-order valence-electron chi connectivity index (χ3n) is 3.23. The molecule has 0 unspecified atom stereocenters. The van der Waals surface area contributed by atoms with E-state index in [1.54, 1.807) is 31.2 Å². The van der Waals surface area contributed by atoms with Crippen LogP contribution in [0.25, 0.3) is 0 Å². The van der Waals surface area contributed by atoms with Crippen LogP contribution < -0.4 is 9.05 Å². The fourth-order valence-electron chi connectivity index (χ4n) is 1.89. The van der Waals surface area contributed by atoms with E-state index in [1.165, 1.54) is 0 Å². The summed E-state index contributed by atoms with van der Waals surface area (Å²) in [4.78, 5) is 12.2. The number of benzene rings is 2. The Morgan fingerprint density at radius 3 is 1.68 bits per heavy atom. The number of carbonyl (C=O) groups excluding carboxylic acids is 1. The predicted octanol–water partition coefficient (Wildman–Crippen LogP) is 4.89. The van der Waals surface area contributed by atoms with Crippen molar-refractivity contribution in [1.29, 1.82) is 0 Å². The van der Waals surface area contributed by atoms with Crippen LogP contribution in [0.4, 0.5) is 0 Å². The van der Waals surface area contributed by atoms with Crippen molar-refractivity contribution in [2.24, 2.45) is 0 Å². The van der Waals surface area contributed by atoms with Crippen molar-refractivity contribution in [3.05, 3.63) is 59.7 Å². The zero-order chi connectivity index (χ0) is 16.2. The molecule has 0 radical (unpaired) electrons. The number of hydrogen-bond donors (Lipinski definition) is 0. The Bertz CT molecular complexity index is 673. The maximum Gasteiger partial charge on any atom is 0.498 e. The van der Waals surface area contributed by atoms with Crippen LogP contribution >= 0.6 is 7.60 Å². The van der Waals surface area contributed by atoms with Gasteiger partial charge in [-0.1, -0.05) is 43.3 Å². The van der Waals surface area contributed by atoms with E-state index in [1.807, 2.05) is 38.1 Å². The maximum absolute atomic E-state index is 13.0. The molecule has 0 saturated carbocycles. The Morgan fingerprint density at radius 2 is 1.32 bits per heavy atom. The highest BCUT2D eigenvalue weighted by Gasteiger charge is 2.37. The molecule has 0 fully saturated rings. The second-order valence-electron chi connectivity index (χ2n) is 4.96. The highest BCUT2D eigenvalue weighted by Crippen LogP contribution is 2.51. The van der Waals surface area contributed by atoms with Crippen molar-refractivity contribution < 1.29 is 18.4 Å². The minimum Gasteiger partial charge on any atom is -0.411 e. The quantitative estimate of drug-likeness (QED) is 0.711. The lowest BCUT2D eigenvalue weighted by Crippen LogP contribution is -2.11. The van der Waals surface area contributed by atoms with Crippen LogP contribution in [-0.4, -0.2) is 5.52 Å². The van der Waals surface area contributed by atoms with Crippen LogP contribution in [0.15, 0.2) is 48.5 Å². The van der Waals surface area contributed by atoms with Gasteiger partial charge in [-0.05, 0) is 37.1 Å². The van der Waals surface area contributed by atoms with Crippen LogP contribution in [-0.2, 0) is 9.36 Å². The van der Waals surface area contributed by atoms with E-state index in [9.17, 15) is 9.36 Å². The van der Waals surface area contributed by atoms with Crippen LogP contribution in [0.1, 0.15) is 24.5 Å². The highest BCUT2D eigenvalue weighted by molar-refractivity contribution is 7.72. The summed E-state index contributed by atoms with van der Waals surface area (Å²) in [6.07, 6.45) is 0.0784. The summed E-state index contributed by atoms with van der Waals surface area (Å²) in [7, 11) is -3.95. The third-order valence-corrected chi connectivity index (χ3v) is 5.03. The summed E-state index contributed by atoms with van der Waals surface area (Å²) >= 11 is 0. The van der Waals surface area contributed by atoms with E-state index >= 15 is 0 Å². The van der Waals surface area contributed by atoms with Crippen LogP contribution in [0.3, 0.4) is 0 Å². The Labute approximate surface area is 130 Å². The van der Waals surface area contributed by atoms with Gasteiger partial charge in [0.25, 0.3) is 5.52 Å². The van der Waals surface area contributed by atoms with E-state index < -0.39 is 13.1 Å². The lowest BCUT2D eigenvalue weighted by molar-refractivity contribution is -0.112. The molecule has 0 aliphatic carbocycles. The summed E-state index contributed by atoms with van der Waals surface area (Å²) in [5.41, 5.74) is 1.04. The maximum atomic E-state index is 13.0. The molecule has 0 aliphatic rings. The molecule has 22 heavy (non-hydrogen) atoms. The summed E-state index contributed by atoms with van der Waals surface area (Å²) in [5.74, 6) is 0.780. The molecule has 2 aromatic rings. The van der Waals surface area contributed by atoms with Crippen molar-refractivity contribution in [2.45, 2.75) is 27.2 Å². The standard InChI is InChI=1S/C17H19O4P/c1-4-17(18)22(19,20-15-11-7-5-9-13(15)2)21-16-12-8-6-10-14(16)3/h5-12H,4H2,1-3H3. The fourth-order valence-corrected chi connectivity index (χ4v) is 3.45. The molecule has 0 aliphatic heterocycles. The molecule has 0 saturated heterocycles. The number of para-hydroxylation sites is 2. The normalized spacial score (nSPS) is 11.0. The topological polar surface area (TPSA) is 52.6 Å². The molecule has 5 heteroatoms. The summed E-state index contributed by atoms with van der Waals surface area (Å²) in [5, 5.41) is 0. The second kappa shape index (κ2) is 6.80. The second-order valence-corrected chi connectivity index (χ2v) is 6.82. The Hall–Kier alpha value is -2.06. The Morgan fingerprint density at radius 1 is 0.909 bits per heavy atom. The summed E-state index contributed by atoms with van der Waals surface area (Å²) in [6, 6.07) is 14.2. The summed E-state index contributed by atoms with van der Waals surface area (Å²) < 4.78 is 24.0. The molecule has 0 spiro atoms. The molecule has 0 bridgehead atoms.